The Balaban J connectivity index is 1.53. The predicted molar refractivity (Wildman–Crippen MR) is 108 cm³/mol. The molecule has 10 heteroatoms. The summed E-state index contributed by atoms with van der Waals surface area (Å²) < 4.78 is 15.0. The van der Waals surface area contributed by atoms with E-state index in [1.54, 1.807) is 9.47 Å². The van der Waals surface area contributed by atoms with E-state index in [1.165, 1.54) is 24.5 Å². The number of aromatic nitrogens is 2. The van der Waals surface area contributed by atoms with Crippen LogP contribution in [0.2, 0.25) is 5.02 Å². The Morgan fingerprint density at radius 1 is 1.17 bits per heavy atom. The van der Waals surface area contributed by atoms with Crippen LogP contribution in [0.15, 0.2) is 24.5 Å². The van der Waals surface area contributed by atoms with Crippen LogP contribution in [0, 0.1) is 11.2 Å². The first kappa shape index (κ1) is 20.3. The quantitative estimate of drug-likeness (QED) is 0.768. The van der Waals surface area contributed by atoms with Gasteiger partial charge in [0.05, 0.1) is 22.5 Å². The molecule has 1 aromatic heterocycles. The zero-order chi connectivity index (χ0) is 21.6. The van der Waals surface area contributed by atoms with Crippen LogP contribution in [-0.2, 0) is 4.79 Å². The number of carbonyl (C=O) groups excluding carboxylic acids is 3. The molecule has 158 valence electrons. The Morgan fingerprint density at radius 2 is 1.87 bits per heavy atom. The molecule has 8 nitrogen and oxygen atoms in total. The Morgan fingerprint density at radius 3 is 2.47 bits per heavy atom. The second-order valence-electron chi connectivity index (χ2n) is 7.89. The molecule has 2 heterocycles. The fourth-order valence-corrected chi connectivity index (χ4v) is 4.98. The summed E-state index contributed by atoms with van der Waals surface area (Å²) in [5.41, 5.74) is 10.6. The molecule has 4 rings (SSSR count). The highest BCUT2D eigenvalue weighted by Crippen LogP contribution is 2.49. The molecule has 0 unspecified atom stereocenters. The number of primary amides is 2. The summed E-state index contributed by atoms with van der Waals surface area (Å²) in [5, 5.41) is 0.206. The lowest BCUT2D eigenvalue weighted by Gasteiger charge is -2.36. The van der Waals surface area contributed by atoms with Crippen molar-refractivity contribution in [3.05, 3.63) is 46.8 Å². The van der Waals surface area contributed by atoms with Crippen LogP contribution in [0.5, 0.6) is 0 Å². The maximum absolute atomic E-state index is 13.4. The van der Waals surface area contributed by atoms with Crippen molar-refractivity contribution in [1.29, 1.82) is 0 Å². The van der Waals surface area contributed by atoms with Crippen LogP contribution in [0.25, 0.3) is 0 Å². The molecule has 2 fully saturated rings. The first-order valence-corrected chi connectivity index (χ1v) is 10.0. The number of amides is 3. The number of benzene rings is 1. The summed E-state index contributed by atoms with van der Waals surface area (Å²) in [6.45, 7) is 0.512. The molecule has 0 atom stereocenters. The molecule has 0 bridgehead atoms. The lowest BCUT2D eigenvalue weighted by atomic mass is 9.71. The highest BCUT2D eigenvalue weighted by Gasteiger charge is 2.49. The number of imidazole rings is 1. The predicted octanol–water partition coefficient (Wildman–Crippen LogP) is 2.41. The Hall–Kier alpha value is -2.94. The van der Waals surface area contributed by atoms with Crippen molar-refractivity contribution < 1.29 is 18.8 Å². The molecule has 4 N–H and O–H groups in total. The molecule has 30 heavy (non-hydrogen) atoms. The number of nitrogens with two attached hydrogens (primary N) is 2. The van der Waals surface area contributed by atoms with E-state index in [2.05, 4.69) is 4.98 Å². The number of nitrogens with zero attached hydrogens (tertiary/aromatic N) is 3. The van der Waals surface area contributed by atoms with Crippen molar-refractivity contribution >= 4 is 35.0 Å². The van der Waals surface area contributed by atoms with Gasteiger partial charge in [0.15, 0.2) is 5.69 Å². The van der Waals surface area contributed by atoms with Gasteiger partial charge in [0.2, 0.25) is 5.91 Å². The van der Waals surface area contributed by atoms with E-state index >= 15 is 0 Å². The fraction of sp³-hybridized carbons (Fsp3) is 0.400. The highest BCUT2D eigenvalue weighted by atomic mass is 35.5. The molecule has 1 saturated heterocycles. The summed E-state index contributed by atoms with van der Waals surface area (Å²) >= 11 is 6.15. The number of anilines is 1. The largest absolute Gasteiger partial charge is 0.364 e. The summed E-state index contributed by atoms with van der Waals surface area (Å²) in [7, 11) is 0. The van der Waals surface area contributed by atoms with Gasteiger partial charge in [0.1, 0.15) is 11.5 Å². The Kier molecular flexibility index (Phi) is 5.01. The molecular weight excluding hydrogens is 413 g/mol. The van der Waals surface area contributed by atoms with Crippen molar-refractivity contribution in [1.82, 2.24) is 9.55 Å². The highest BCUT2D eigenvalue weighted by molar-refractivity contribution is 6.34. The van der Waals surface area contributed by atoms with Crippen LogP contribution >= 0.6 is 11.6 Å². The molecule has 1 aromatic carbocycles. The summed E-state index contributed by atoms with van der Waals surface area (Å²) in [6, 6.07) is 3.90. The molecule has 3 amide bonds. The lowest BCUT2D eigenvalue weighted by Crippen LogP contribution is -2.38. The van der Waals surface area contributed by atoms with E-state index in [4.69, 9.17) is 23.1 Å². The maximum atomic E-state index is 13.4. The molecule has 2 aromatic rings. The van der Waals surface area contributed by atoms with Crippen LogP contribution in [-0.4, -0.2) is 33.8 Å². The van der Waals surface area contributed by atoms with E-state index in [0.29, 0.717) is 44.3 Å². The second-order valence-corrected chi connectivity index (χ2v) is 8.30. The number of halogens is 2. The van der Waals surface area contributed by atoms with Crippen LogP contribution in [0.4, 0.5) is 10.1 Å². The summed E-state index contributed by atoms with van der Waals surface area (Å²) in [6.07, 6.45) is 4.52. The summed E-state index contributed by atoms with van der Waals surface area (Å²) in [4.78, 5) is 42.2. The van der Waals surface area contributed by atoms with Crippen molar-refractivity contribution in [3.63, 3.8) is 0 Å². The number of hydrogen-bond acceptors (Lipinski definition) is 4. The van der Waals surface area contributed by atoms with Crippen LogP contribution in [0.3, 0.4) is 0 Å². The molecule has 1 aliphatic heterocycles. The zero-order valence-electron chi connectivity index (χ0n) is 16.1. The van der Waals surface area contributed by atoms with E-state index in [9.17, 15) is 18.8 Å². The molecular formula is C20H21ClFN5O3. The smallest absolute Gasteiger partial charge is 0.269 e. The third-order valence-electron chi connectivity index (χ3n) is 6.28. The lowest BCUT2D eigenvalue weighted by molar-refractivity contribution is -0.127. The minimum absolute atomic E-state index is 0.000851. The minimum atomic E-state index is -0.812. The van der Waals surface area contributed by atoms with Gasteiger partial charge in [-0.15, -0.1) is 0 Å². The normalized spacial score (nSPS) is 23.9. The monoisotopic (exact) mass is 433 g/mol. The first-order chi connectivity index (χ1) is 14.2. The molecule has 2 aliphatic rings. The van der Waals surface area contributed by atoms with Gasteiger partial charge in [0, 0.05) is 12.6 Å². The standard InChI is InChI=1S/C20H21ClFN5O3/c21-13-9-11(22)1-2-14(13)26-8-7-20(19(26)30)5-3-12(4-6-20)27-10-25-15(17(23)28)16(27)18(24)29/h1-2,9-10,12H,3-8H2,(H2,23,28)(H2,24,29). The van der Waals surface area contributed by atoms with Crippen molar-refractivity contribution in [2.24, 2.45) is 16.9 Å². The number of rotatable bonds is 4. The van der Waals surface area contributed by atoms with Crippen molar-refractivity contribution in [2.45, 2.75) is 38.1 Å². The summed E-state index contributed by atoms with van der Waals surface area (Å²) in [5.74, 6) is -2.05. The SMILES string of the molecule is NC(=O)c1ncn(C2CCC3(CC2)CCN(c2ccc(F)cc2Cl)C3=O)c1C(N)=O. The van der Waals surface area contributed by atoms with E-state index in [0.717, 1.165) is 0 Å². The Bertz CT molecular complexity index is 1050. The molecule has 1 aliphatic carbocycles. The van der Waals surface area contributed by atoms with Gasteiger partial charge in [-0.25, -0.2) is 9.37 Å². The topological polar surface area (TPSA) is 124 Å². The van der Waals surface area contributed by atoms with Crippen LogP contribution < -0.4 is 16.4 Å². The first-order valence-electron chi connectivity index (χ1n) is 9.67. The van der Waals surface area contributed by atoms with Gasteiger partial charge in [0.25, 0.3) is 11.8 Å². The average Bonchev–Trinajstić information content (AvgIpc) is 3.27. The van der Waals surface area contributed by atoms with E-state index in [-0.39, 0.29) is 28.4 Å². The van der Waals surface area contributed by atoms with E-state index in [1.807, 2.05) is 0 Å². The Labute approximate surface area is 177 Å². The fourth-order valence-electron chi connectivity index (χ4n) is 4.71. The third-order valence-corrected chi connectivity index (χ3v) is 6.58. The van der Waals surface area contributed by atoms with Gasteiger partial charge in [-0.3, -0.25) is 14.4 Å². The number of carbonyl (C=O) groups is 3. The van der Waals surface area contributed by atoms with Crippen LogP contribution in [0.1, 0.15) is 59.1 Å². The van der Waals surface area contributed by atoms with E-state index < -0.39 is 23.0 Å². The third kappa shape index (κ3) is 3.23. The van der Waals surface area contributed by atoms with Gasteiger partial charge in [-0.1, -0.05) is 11.6 Å². The van der Waals surface area contributed by atoms with Gasteiger partial charge in [-0.05, 0) is 50.3 Å². The molecule has 1 spiro atoms. The van der Waals surface area contributed by atoms with Crippen molar-refractivity contribution in [2.75, 3.05) is 11.4 Å². The van der Waals surface area contributed by atoms with Gasteiger partial charge in [-0.2, -0.15) is 0 Å². The van der Waals surface area contributed by atoms with Crippen molar-refractivity contribution in [3.8, 4) is 0 Å². The van der Waals surface area contributed by atoms with Gasteiger partial charge < -0.3 is 20.9 Å². The average molecular weight is 434 g/mol. The maximum Gasteiger partial charge on any atom is 0.269 e. The molecule has 0 radical (unpaired) electrons. The minimum Gasteiger partial charge on any atom is -0.364 e. The van der Waals surface area contributed by atoms with Gasteiger partial charge >= 0.3 is 0 Å². The second kappa shape index (κ2) is 7.39. The zero-order valence-corrected chi connectivity index (χ0v) is 16.9. The molecule has 1 saturated carbocycles. The number of hydrogen-bond donors (Lipinski definition) is 2.